The molecule has 1 unspecified atom stereocenters. The fraction of sp³-hybridized carbons (Fsp3) is 1.00. The van der Waals surface area contributed by atoms with Gasteiger partial charge in [0.1, 0.15) is 0 Å². The lowest BCUT2D eigenvalue weighted by Crippen LogP contribution is -2.40. The molecule has 0 bridgehead atoms. The molecule has 0 aromatic rings. The molecule has 4 heteroatoms. The van der Waals surface area contributed by atoms with Crippen LogP contribution in [0.25, 0.3) is 0 Å². The van der Waals surface area contributed by atoms with Crippen molar-refractivity contribution >= 4 is 15.9 Å². The first-order valence-electron chi connectivity index (χ1n) is 5.08. The monoisotopic (exact) mass is 265 g/mol. The number of hydrogen-bond acceptors (Lipinski definition) is 3. The fourth-order valence-electron chi connectivity index (χ4n) is 1.65. The molecule has 1 aliphatic rings. The van der Waals surface area contributed by atoms with E-state index in [1.165, 1.54) is 0 Å². The van der Waals surface area contributed by atoms with E-state index >= 15 is 0 Å². The third-order valence-corrected chi connectivity index (χ3v) is 3.86. The van der Waals surface area contributed by atoms with Crippen LogP contribution in [0.1, 0.15) is 13.8 Å². The van der Waals surface area contributed by atoms with Crippen molar-refractivity contribution in [1.29, 1.82) is 0 Å². The minimum absolute atomic E-state index is 0.254. The van der Waals surface area contributed by atoms with Crippen LogP contribution in [0.4, 0.5) is 0 Å². The molecule has 1 N–H and O–H groups in total. The van der Waals surface area contributed by atoms with Crippen LogP contribution in [0.15, 0.2) is 0 Å². The lowest BCUT2D eigenvalue weighted by atomic mass is 9.96. The Kier molecular flexibility index (Phi) is 4.83. The molecular weight excluding hydrogens is 246 g/mol. The van der Waals surface area contributed by atoms with Gasteiger partial charge in [0.25, 0.3) is 0 Å². The second-order valence-corrected chi connectivity index (χ2v) is 5.32. The molecule has 1 rings (SSSR count). The quantitative estimate of drug-likeness (QED) is 0.776. The summed E-state index contributed by atoms with van der Waals surface area (Å²) in [6, 6.07) is 0. The second-order valence-electron chi connectivity index (χ2n) is 4.76. The van der Waals surface area contributed by atoms with Crippen LogP contribution in [0, 0.1) is 5.41 Å². The summed E-state index contributed by atoms with van der Waals surface area (Å²) < 4.78 is 5.28. The molecule has 1 heterocycles. The summed E-state index contributed by atoms with van der Waals surface area (Å²) in [5, 5.41) is 10.5. The Bertz CT molecular complexity index is 176. The van der Waals surface area contributed by atoms with Gasteiger partial charge in [0.05, 0.1) is 19.3 Å². The summed E-state index contributed by atoms with van der Waals surface area (Å²) in [7, 11) is 0. The number of alkyl halides is 1. The van der Waals surface area contributed by atoms with E-state index in [9.17, 15) is 5.11 Å². The third kappa shape index (κ3) is 4.26. The summed E-state index contributed by atoms with van der Waals surface area (Å²) in [6.07, 6.45) is -0.330. The molecule has 3 nitrogen and oxygen atoms in total. The van der Waals surface area contributed by atoms with Crippen molar-refractivity contribution in [3.05, 3.63) is 0 Å². The molecule has 0 amide bonds. The highest BCUT2D eigenvalue weighted by atomic mass is 79.9. The number of rotatable bonds is 3. The lowest BCUT2D eigenvalue weighted by Gasteiger charge is -2.30. The minimum atomic E-state index is -0.330. The summed E-state index contributed by atoms with van der Waals surface area (Å²) in [5.41, 5.74) is 0.254. The van der Waals surface area contributed by atoms with E-state index in [0.717, 1.165) is 31.6 Å². The average molecular weight is 266 g/mol. The van der Waals surface area contributed by atoms with Gasteiger partial charge in [-0.2, -0.15) is 0 Å². The van der Waals surface area contributed by atoms with Gasteiger partial charge in [-0.3, -0.25) is 4.90 Å². The van der Waals surface area contributed by atoms with Crippen molar-refractivity contribution < 1.29 is 9.84 Å². The first-order chi connectivity index (χ1) is 6.53. The van der Waals surface area contributed by atoms with Crippen LogP contribution in [0.3, 0.4) is 0 Å². The van der Waals surface area contributed by atoms with Gasteiger partial charge in [0, 0.05) is 25.0 Å². The highest BCUT2D eigenvalue weighted by Gasteiger charge is 2.23. The van der Waals surface area contributed by atoms with Crippen LogP contribution >= 0.6 is 15.9 Å². The topological polar surface area (TPSA) is 32.7 Å². The molecule has 0 aromatic carbocycles. The van der Waals surface area contributed by atoms with E-state index in [-0.39, 0.29) is 11.5 Å². The van der Waals surface area contributed by atoms with E-state index in [0.29, 0.717) is 6.61 Å². The van der Waals surface area contributed by atoms with Gasteiger partial charge in [0.2, 0.25) is 0 Å². The second kappa shape index (κ2) is 5.45. The molecule has 0 radical (unpaired) electrons. The van der Waals surface area contributed by atoms with Crippen LogP contribution in [0.5, 0.6) is 0 Å². The molecular formula is C10H20BrNO2. The van der Waals surface area contributed by atoms with Gasteiger partial charge in [-0.1, -0.05) is 29.8 Å². The number of halogens is 1. The Morgan fingerprint density at radius 1 is 1.57 bits per heavy atom. The lowest BCUT2D eigenvalue weighted by molar-refractivity contribution is 0.0552. The minimum Gasteiger partial charge on any atom is -0.389 e. The van der Waals surface area contributed by atoms with Crippen molar-refractivity contribution in [2.45, 2.75) is 20.0 Å². The van der Waals surface area contributed by atoms with Gasteiger partial charge in [-0.25, -0.2) is 0 Å². The van der Waals surface area contributed by atoms with E-state index in [2.05, 4.69) is 34.7 Å². The largest absolute Gasteiger partial charge is 0.389 e. The predicted molar refractivity (Wildman–Crippen MR) is 60.8 cm³/mol. The molecule has 1 saturated heterocycles. The van der Waals surface area contributed by atoms with Crippen molar-refractivity contribution in [1.82, 2.24) is 4.90 Å². The van der Waals surface area contributed by atoms with Crippen molar-refractivity contribution in [3.63, 3.8) is 0 Å². The first-order valence-corrected chi connectivity index (χ1v) is 6.20. The summed E-state index contributed by atoms with van der Waals surface area (Å²) in [6.45, 7) is 8.31. The number of hydrogen-bond donors (Lipinski definition) is 1. The van der Waals surface area contributed by atoms with Crippen molar-refractivity contribution in [2.75, 3.05) is 38.2 Å². The zero-order chi connectivity index (χ0) is 10.6. The van der Waals surface area contributed by atoms with E-state index in [4.69, 9.17) is 4.74 Å². The highest BCUT2D eigenvalue weighted by molar-refractivity contribution is 9.09. The van der Waals surface area contributed by atoms with Crippen LogP contribution < -0.4 is 0 Å². The highest BCUT2D eigenvalue weighted by Crippen LogP contribution is 2.20. The maximum Gasteiger partial charge on any atom is 0.0900 e. The Hall–Kier alpha value is 0.360. The Morgan fingerprint density at radius 3 is 2.93 bits per heavy atom. The SMILES string of the molecule is CC(C)(CBr)CN1CCOCC(O)C1. The van der Waals surface area contributed by atoms with Crippen LogP contribution in [-0.2, 0) is 4.74 Å². The maximum atomic E-state index is 9.55. The number of aliphatic hydroxyl groups is 1. The van der Waals surface area contributed by atoms with E-state index in [1.54, 1.807) is 0 Å². The molecule has 0 saturated carbocycles. The van der Waals surface area contributed by atoms with Gasteiger partial charge in [0.15, 0.2) is 0 Å². The Balaban J connectivity index is 2.42. The molecule has 0 aliphatic carbocycles. The summed E-state index contributed by atoms with van der Waals surface area (Å²) in [4.78, 5) is 2.28. The molecule has 1 aliphatic heterocycles. The third-order valence-electron chi connectivity index (χ3n) is 2.34. The maximum absolute atomic E-state index is 9.55. The molecule has 1 atom stereocenters. The molecule has 84 valence electrons. The van der Waals surface area contributed by atoms with Gasteiger partial charge in [-0.15, -0.1) is 0 Å². The van der Waals surface area contributed by atoms with Gasteiger partial charge in [-0.05, 0) is 5.41 Å². The summed E-state index contributed by atoms with van der Waals surface area (Å²) >= 11 is 3.51. The zero-order valence-electron chi connectivity index (χ0n) is 9.00. The number of nitrogens with zero attached hydrogens (tertiary/aromatic N) is 1. The molecule has 1 fully saturated rings. The van der Waals surface area contributed by atoms with Gasteiger partial charge < -0.3 is 9.84 Å². The number of β-amino-alcohol motifs (C(OH)–C–C–N with tert-alkyl or cyclic N) is 1. The van der Waals surface area contributed by atoms with E-state index < -0.39 is 0 Å². The standard InChI is InChI=1S/C10H20BrNO2/c1-10(2,7-11)8-12-3-4-14-6-9(13)5-12/h9,13H,3-8H2,1-2H3. The van der Waals surface area contributed by atoms with Crippen LogP contribution in [0.2, 0.25) is 0 Å². The predicted octanol–water partition coefficient (Wildman–Crippen LogP) is 1.10. The van der Waals surface area contributed by atoms with Crippen LogP contribution in [-0.4, -0.2) is 54.3 Å². The van der Waals surface area contributed by atoms with E-state index in [1.807, 2.05) is 0 Å². The first kappa shape index (κ1) is 12.4. The molecule has 0 aromatic heterocycles. The molecule has 0 spiro atoms. The fourth-order valence-corrected chi connectivity index (χ4v) is 1.82. The zero-order valence-corrected chi connectivity index (χ0v) is 10.6. The number of ether oxygens (including phenoxy) is 1. The smallest absolute Gasteiger partial charge is 0.0900 e. The normalized spacial score (nSPS) is 26.1. The summed E-state index contributed by atoms with van der Waals surface area (Å²) in [5.74, 6) is 0. The van der Waals surface area contributed by atoms with Crippen molar-refractivity contribution in [3.8, 4) is 0 Å². The number of aliphatic hydroxyl groups excluding tert-OH is 1. The van der Waals surface area contributed by atoms with Gasteiger partial charge >= 0.3 is 0 Å². The van der Waals surface area contributed by atoms with Crippen molar-refractivity contribution in [2.24, 2.45) is 5.41 Å². The Morgan fingerprint density at radius 2 is 2.29 bits per heavy atom. The average Bonchev–Trinajstić information content (AvgIpc) is 2.29. The molecule has 14 heavy (non-hydrogen) atoms. The Labute approximate surface area is 94.6 Å².